The minimum absolute atomic E-state index is 0.0640. The summed E-state index contributed by atoms with van der Waals surface area (Å²) in [6.45, 7) is 6.61. The molecule has 0 saturated carbocycles. The van der Waals surface area contributed by atoms with Gasteiger partial charge in [-0.05, 0) is 23.0 Å². The van der Waals surface area contributed by atoms with E-state index in [0.29, 0.717) is 0 Å². The van der Waals surface area contributed by atoms with Gasteiger partial charge in [-0.2, -0.15) is 0 Å². The molecule has 4 amide bonds. The Hall–Kier alpha value is -4.41. The van der Waals surface area contributed by atoms with E-state index >= 15 is 0 Å². The van der Waals surface area contributed by atoms with Crippen LogP contribution in [0.15, 0.2) is 60.7 Å². The van der Waals surface area contributed by atoms with Crippen molar-refractivity contribution in [1.82, 2.24) is 21.3 Å². The lowest BCUT2D eigenvalue weighted by Gasteiger charge is -2.26. The quantitative estimate of drug-likeness (QED) is 0.207. The van der Waals surface area contributed by atoms with Crippen molar-refractivity contribution in [3.05, 3.63) is 71.8 Å². The van der Waals surface area contributed by atoms with E-state index in [-0.39, 0.29) is 12.8 Å². The molecule has 40 heavy (non-hydrogen) atoms. The van der Waals surface area contributed by atoms with Crippen molar-refractivity contribution < 1.29 is 34.2 Å². The first-order valence-electron chi connectivity index (χ1n) is 13.1. The third kappa shape index (κ3) is 10.0. The Bertz CT molecular complexity index is 1070. The first-order chi connectivity index (χ1) is 18.9. The third-order valence-corrected chi connectivity index (χ3v) is 6.27. The van der Waals surface area contributed by atoms with Crippen molar-refractivity contribution >= 4 is 29.8 Å². The van der Waals surface area contributed by atoms with E-state index in [1.165, 1.54) is 0 Å². The summed E-state index contributed by atoms with van der Waals surface area (Å²) in [6, 6.07) is 12.2. The molecule has 0 fully saturated rings. The summed E-state index contributed by atoms with van der Waals surface area (Å²) in [5, 5.41) is 29.1. The number of carbonyl (C=O) groups excluding carboxylic acids is 3. The summed E-state index contributed by atoms with van der Waals surface area (Å²) in [7, 11) is 0. The summed E-state index contributed by atoms with van der Waals surface area (Å²) in [5.74, 6) is -4.62. The lowest BCUT2D eigenvalue weighted by molar-refractivity contribution is -0.143. The van der Waals surface area contributed by atoms with E-state index in [1.807, 2.05) is 0 Å². The second-order valence-electron chi connectivity index (χ2n) is 10.2. The average Bonchev–Trinajstić information content (AvgIpc) is 2.89. The molecular weight excluding hydrogens is 516 g/mol. The van der Waals surface area contributed by atoms with Gasteiger partial charge in [0, 0.05) is 12.8 Å². The monoisotopic (exact) mass is 554 g/mol. The number of carboxylic acids is 2. The largest absolute Gasteiger partial charge is 0.480 e. The predicted molar refractivity (Wildman–Crippen MR) is 148 cm³/mol. The van der Waals surface area contributed by atoms with Gasteiger partial charge >= 0.3 is 18.0 Å². The van der Waals surface area contributed by atoms with Crippen LogP contribution >= 0.6 is 0 Å². The van der Waals surface area contributed by atoms with Crippen LogP contribution in [-0.2, 0) is 32.0 Å². The number of amides is 4. The molecule has 11 nitrogen and oxygen atoms in total. The van der Waals surface area contributed by atoms with E-state index in [2.05, 4.69) is 21.3 Å². The highest BCUT2D eigenvalue weighted by Crippen LogP contribution is 2.09. The maximum absolute atomic E-state index is 13.1. The number of carboxylic acid groups (broad SMARTS) is 2. The van der Waals surface area contributed by atoms with E-state index < -0.39 is 65.8 Å². The molecule has 4 atom stereocenters. The Kier molecular flexibility index (Phi) is 12.1. The standard InChI is InChI=1S/C29H38N4O7/c1-17(2)23(27(36)37)32-25(34)21(15-19-11-7-5-8-12-19)30-29(40)31-22(16-20-13-9-6-10-14-20)26(35)33-24(18(3)4)28(38)39/h5-14,17-18,21-24H,15-16H2,1-4H3,(H,32,34)(H,33,35)(H,36,37)(H,38,39)(H2,30,31,40)/t21-,22-,23-,24-/m0/s1. The van der Waals surface area contributed by atoms with Gasteiger partial charge in [-0.25, -0.2) is 14.4 Å². The smallest absolute Gasteiger partial charge is 0.326 e. The normalized spacial score (nSPS) is 13.9. The maximum Gasteiger partial charge on any atom is 0.326 e. The molecule has 0 saturated heterocycles. The van der Waals surface area contributed by atoms with E-state index in [1.54, 1.807) is 88.4 Å². The summed E-state index contributed by atoms with van der Waals surface area (Å²) in [6.07, 6.45) is 0.128. The number of hydrogen-bond donors (Lipinski definition) is 6. The van der Waals surface area contributed by atoms with Crippen molar-refractivity contribution in [3.8, 4) is 0 Å². The molecule has 6 N–H and O–H groups in total. The van der Waals surface area contributed by atoms with Gasteiger partial charge in [0.1, 0.15) is 24.2 Å². The van der Waals surface area contributed by atoms with Crippen LogP contribution in [0.1, 0.15) is 38.8 Å². The molecule has 2 aromatic rings. The molecule has 216 valence electrons. The summed E-state index contributed by atoms with van der Waals surface area (Å²) in [4.78, 5) is 62.8. The molecule has 2 rings (SSSR count). The van der Waals surface area contributed by atoms with Crippen LogP contribution in [0.25, 0.3) is 0 Å². The molecule has 0 radical (unpaired) electrons. The number of aliphatic carboxylic acids is 2. The molecule has 0 aliphatic rings. The first-order valence-corrected chi connectivity index (χ1v) is 13.1. The Morgan fingerprint density at radius 2 is 0.900 bits per heavy atom. The third-order valence-electron chi connectivity index (χ3n) is 6.27. The van der Waals surface area contributed by atoms with Gasteiger partial charge in [0.15, 0.2) is 0 Å². The van der Waals surface area contributed by atoms with Crippen molar-refractivity contribution in [2.75, 3.05) is 0 Å². The highest BCUT2D eigenvalue weighted by atomic mass is 16.4. The zero-order valence-electron chi connectivity index (χ0n) is 23.1. The van der Waals surface area contributed by atoms with Gasteiger partial charge in [0.25, 0.3) is 0 Å². The van der Waals surface area contributed by atoms with Crippen LogP contribution in [0.3, 0.4) is 0 Å². The zero-order valence-corrected chi connectivity index (χ0v) is 23.1. The number of rotatable bonds is 14. The van der Waals surface area contributed by atoms with Crippen molar-refractivity contribution in [1.29, 1.82) is 0 Å². The number of nitrogens with one attached hydrogen (secondary N) is 4. The molecule has 0 spiro atoms. The predicted octanol–water partition coefficient (Wildman–Crippen LogP) is 1.96. The zero-order chi connectivity index (χ0) is 29.8. The fourth-order valence-electron chi connectivity index (χ4n) is 4.01. The Morgan fingerprint density at radius 1 is 0.575 bits per heavy atom. The van der Waals surface area contributed by atoms with Gasteiger partial charge in [-0.15, -0.1) is 0 Å². The van der Waals surface area contributed by atoms with E-state index in [9.17, 15) is 34.2 Å². The van der Waals surface area contributed by atoms with E-state index in [0.717, 1.165) is 11.1 Å². The van der Waals surface area contributed by atoms with Crippen LogP contribution < -0.4 is 21.3 Å². The molecule has 0 unspecified atom stereocenters. The average molecular weight is 555 g/mol. The number of urea groups is 1. The summed E-state index contributed by atoms with van der Waals surface area (Å²) in [5.41, 5.74) is 1.44. The minimum Gasteiger partial charge on any atom is -0.480 e. The van der Waals surface area contributed by atoms with Crippen LogP contribution in [0.2, 0.25) is 0 Å². The molecule has 2 aromatic carbocycles. The van der Waals surface area contributed by atoms with E-state index in [4.69, 9.17) is 0 Å². The van der Waals surface area contributed by atoms with Gasteiger partial charge in [0.05, 0.1) is 0 Å². The van der Waals surface area contributed by atoms with Crippen LogP contribution in [0, 0.1) is 11.8 Å². The van der Waals surface area contributed by atoms with Crippen molar-refractivity contribution in [2.45, 2.75) is 64.7 Å². The lowest BCUT2D eigenvalue weighted by atomic mass is 10.0. The lowest BCUT2D eigenvalue weighted by Crippen LogP contribution is -2.59. The van der Waals surface area contributed by atoms with Gasteiger partial charge in [-0.3, -0.25) is 9.59 Å². The molecule has 0 bridgehead atoms. The Morgan fingerprint density at radius 3 is 1.18 bits per heavy atom. The van der Waals surface area contributed by atoms with Gasteiger partial charge < -0.3 is 31.5 Å². The SMILES string of the molecule is CC(C)[C@H](NC(=O)[C@H](Cc1ccccc1)NC(=O)N[C@@H](Cc1ccccc1)C(=O)N[C@H](C(=O)O)C(C)C)C(=O)O. The fourth-order valence-corrected chi connectivity index (χ4v) is 4.01. The second kappa shape index (κ2) is 15.2. The number of hydrogen-bond acceptors (Lipinski definition) is 5. The number of carbonyl (C=O) groups is 5. The van der Waals surface area contributed by atoms with Crippen molar-refractivity contribution in [2.24, 2.45) is 11.8 Å². The van der Waals surface area contributed by atoms with Crippen LogP contribution in [0.4, 0.5) is 4.79 Å². The molecule has 0 aliphatic heterocycles. The maximum atomic E-state index is 13.1. The van der Waals surface area contributed by atoms with Crippen LogP contribution in [-0.4, -0.2) is 64.2 Å². The topological polar surface area (TPSA) is 174 Å². The second-order valence-corrected chi connectivity index (χ2v) is 10.2. The molecular formula is C29H38N4O7. The molecule has 0 aliphatic carbocycles. The summed E-state index contributed by atoms with van der Waals surface area (Å²) < 4.78 is 0. The van der Waals surface area contributed by atoms with Gasteiger partial charge in [0.2, 0.25) is 11.8 Å². The highest BCUT2D eigenvalue weighted by Gasteiger charge is 2.31. The molecule has 0 heterocycles. The fraction of sp³-hybridized carbons (Fsp3) is 0.414. The van der Waals surface area contributed by atoms with Crippen LogP contribution in [0.5, 0.6) is 0 Å². The summed E-state index contributed by atoms with van der Waals surface area (Å²) >= 11 is 0. The number of benzene rings is 2. The van der Waals surface area contributed by atoms with Crippen molar-refractivity contribution in [3.63, 3.8) is 0 Å². The first kappa shape index (κ1) is 31.8. The Labute approximate surface area is 233 Å². The highest BCUT2D eigenvalue weighted by molar-refractivity contribution is 5.93. The minimum atomic E-state index is -1.20. The molecule has 11 heteroatoms. The van der Waals surface area contributed by atoms with Gasteiger partial charge in [-0.1, -0.05) is 88.4 Å². The molecule has 0 aromatic heterocycles. The Balaban J connectivity index is 2.27.